The van der Waals surface area contributed by atoms with Crippen molar-refractivity contribution in [1.82, 2.24) is 10.3 Å². The summed E-state index contributed by atoms with van der Waals surface area (Å²) < 4.78 is 0.845. The third-order valence-corrected chi connectivity index (χ3v) is 6.60. The van der Waals surface area contributed by atoms with Gasteiger partial charge in [0.15, 0.2) is 0 Å². The number of benzene rings is 3. The van der Waals surface area contributed by atoms with Gasteiger partial charge in [0.2, 0.25) is 5.91 Å². The number of amides is 3. The normalized spacial score (nSPS) is 10.9. The largest absolute Gasteiger partial charge is 0.325 e. The number of rotatable bonds is 9. The summed E-state index contributed by atoms with van der Waals surface area (Å²) in [6.07, 6.45) is 4.83. The van der Waals surface area contributed by atoms with Gasteiger partial charge in [-0.1, -0.05) is 52.3 Å². The first-order chi connectivity index (χ1) is 18.5. The van der Waals surface area contributed by atoms with Gasteiger partial charge in [-0.2, -0.15) is 0 Å². The van der Waals surface area contributed by atoms with Gasteiger partial charge in [-0.25, -0.2) is 0 Å². The Morgan fingerprint density at radius 1 is 0.816 bits per heavy atom. The SMILES string of the molecule is O=C(CSc1cccc(NC(=O)/C(=C\c2cccc(Br)c2)NC(=O)c2ccccc2)c1)Nc1ccncc1. The highest BCUT2D eigenvalue weighted by atomic mass is 79.9. The monoisotopic (exact) mass is 586 g/mol. The van der Waals surface area contributed by atoms with Crippen molar-refractivity contribution >= 4 is 62.9 Å². The van der Waals surface area contributed by atoms with Gasteiger partial charge in [0, 0.05) is 38.7 Å². The van der Waals surface area contributed by atoms with Crippen LogP contribution in [0.3, 0.4) is 0 Å². The Balaban J connectivity index is 1.46. The highest BCUT2D eigenvalue weighted by Crippen LogP contribution is 2.23. The van der Waals surface area contributed by atoms with Crippen LogP contribution in [0, 0.1) is 0 Å². The molecule has 3 aromatic carbocycles. The molecule has 0 saturated carbocycles. The highest BCUT2D eigenvalue weighted by Gasteiger charge is 2.15. The minimum Gasteiger partial charge on any atom is -0.325 e. The summed E-state index contributed by atoms with van der Waals surface area (Å²) >= 11 is 4.77. The summed E-state index contributed by atoms with van der Waals surface area (Å²) in [6, 6.07) is 26.7. The molecule has 0 atom stereocenters. The van der Waals surface area contributed by atoms with Crippen LogP contribution in [-0.4, -0.2) is 28.5 Å². The van der Waals surface area contributed by atoms with Crippen molar-refractivity contribution in [2.45, 2.75) is 4.90 Å². The average Bonchev–Trinajstić information content (AvgIpc) is 2.93. The third kappa shape index (κ3) is 8.16. The number of hydrogen-bond acceptors (Lipinski definition) is 5. The zero-order chi connectivity index (χ0) is 26.7. The van der Waals surface area contributed by atoms with Crippen LogP contribution in [0.1, 0.15) is 15.9 Å². The van der Waals surface area contributed by atoms with Gasteiger partial charge in [0.1, 0.15) is 5.70 Å². The fraction of sp³-hybridized carbons (Fsp3) is 0.0345. The van der Waals surface area contributed by atoms with Crippen molar-refractivity contribution in [3.63, 3.8) is 0 Å². The van der Waals surface area contributed by atoms with E-state index in [0.717, 1.165) is 14.9 Å². The molecule has 9 heteroatoms. The zero-order valence-corrected chi connectivity index (χ0v) is 22.5. The smallest absolute Gasteiger partial charge is 0.272 e. The molecule has 0 aliphatic rings. The van der Waals surface area contributed by atoms with E-state index >= 15 is 0 Å². The Morgan fingerprint density at radius 3 is 2.34 bits per heavy atom. The lowest BCUT2D eigenvalue weighted by atomic mass is 10.1. The molecule has 38 heavy (non-hydrogen) atoms. The van der Waals surface area contributed by atoms with Crippen LogP contribution in [0.2, 0.25) is 0 Å². The third-order valence-electron chi connectivity index (χ3n) is 5.11. The molecule has 0 radical (unpaired) electrons. The van der Waals surface area contributed by atoms with Gasteiger partial charge in [-0.05, 0) is 66.2 Å². The van der Waals surface area contributed by atoms with Crippen molar-refractivity contribution in [1.29, 1.82) is 0 Å². The van der Waals surface area contributed by atoms with E-state index in [-0.39, 0.29) is 17.4 Å². The molecule has 0 aliphatic carbocycles. The molecular formula is C29H23BrN4O3S. The summed E-state index contributed by atoms with van der Waals surface area (Å²) in [4.78, 5) is 43.1. The van der Waals surface area contributed by atoms with Crippen molar-refractivity contribution in [2.75, 3.05) is 16.4 Å². The second-order valence-electron chi connectivity index (χ2n) is 7.99. The molecule has 0 unspecified atom stereocenters. The van der Waals surface area contributed by atoms with Crippen LogP contribution in [0.25, 0.3) is 6.08 Å². The standard InChI is InChI=1S/C29H23BrN4O3S/c30-22-9-4-6-20(16-22)17-26(34-28(36)21-7-2-1-3-8-21)29(37)33-24-10-5-11-25(18-24)38-19-27(35)32-23-12-14-31-15-13-23/h1-18H,19H2,(H,33,37)(H,34,36)(H,31,32,35)/b26-17+. The molecule has 4 aromatic rings. The molecule has 3 amide bonds. The maximum Gasteiger partial charge on any atom is 0.272 e. The van der Waals surface area contributed by atoms with Gasteiger partial charge in [-0.3, -0.25) is 19.4 Å². The number of nitrogens with one attached hydrogen (secondary N) is 3. The molecule has 0 saturated heterocycles. The molecule has 4 rings (SSSR count). The molecule has 0 aliphatic heterocycles. The molecule has 3 N–H and O–H groups in total. The van der Waals surface area contributed by atoms with Crippen LogP contribution in [0.15, 0.2) is 118 Å². The molecule has 1 aromatic heterocycles. The first kappa shape index (κ1) is 26.8. The van der Waals surface area contributed by atoms with Gasteiger partial charge in [0.05, 0.1) is 5.75 Å². The molecule has 7 nitrogen and oxygen atoms in total. The van der Waals surface area contributed by atoms with Gasteiger partial charge < -0.3 is 16.0 Å². The number of thioether (sulfide) groups is 1. The van der Waals surface area contributed by atoms with E-state index < -0.39 is 11.8 Å². The van der Waals surface area contributed by atoms with E-state index in [9.17, 15) is 14.4 Å². The number of halogens is 1. The maximum atomic E-state index is 13.3. The Hall–Kier alpha value is -4.21. The van der Waals surface area contributed by atoms with Crippen molar-refractivity contribution < 1.29 is 14.4 Å². The van der Waals surface area contributed by atoms with E-state index in [4.69, 9.17) is 0 Å². The lowest BCUT2D eigenvalue weighted by Gasteiger charge is -2.12. The number of pyridine rings is 1. The average molecular weight is 587 g/mol. The fourth-order valence-electron chi connectivity index (χ4n) is 3.35. The minimum atomic E-state index is -0.480. The Labute approximate surface area is 232 Å². The van der Waals surface area contributed by atoms with E-state index in [1.54, 1.807) is 73.1 Å². The van der Waals surface area contributed by atoms with E-state index in [1.165, 1.54) is 11.8 Å². The van der Waals surface area contributed by atoms with Gasteiger partial charge in [0.25, 0.3) is 11.8 Å². The predicted molar refractivity (Wildman–Crippen MR) is 155 cm³/mol. The van der Waals surface area contributed by atoms with Crippen LogP contribution in [0.4, 0.5) is 11.4 Å². The Kier molecular flexibility index (Phi) is 9.44. The second kappa shape index (κ2) is 13.4. The summed E-state index contributed by atoms with van der Waals surface area (Å²) in [5.41, 5.74) is 2.47. The first-order valence-corrected chi connectivity index (χ1v) is 13.3. The molecule has 0 fully saturated rings. The molecule has 0 bridgehead atoms. The number of carbonyl (C=O) groups is 3. The Bertz CT molecular complexity index is 1460. The molecule has 1 heterocycles. The van der Waals surface area contributed by atoms with E-state index in [0.29, 0.717) is 16.9 Å². The van der Waals surface area contributed by atoms with Crippen LogP contribution < -0.4 is 16.0 Å². The minimum absolute atomic E-state index is 0.0896. The summed E-state index contributed by atoms with van der Waals surface area (Å²) in [7, 11) is 0. The Morgan fingerprint density at radius 2 is 1.58 bits per heavy atom. The molecule has 0 spiro atoms. The summed E-state index contributed by atoms with van der Waals surface area (Å²) in [6.45, 7) is 0. The van der Waals surface area contributed by atoms with Crippen LogP contribution in [0.5, 0.6) is 0 Å². The number of carbonyl (C=O) groups excluding carboxylic acids is 3. The van der Waals surface area contributed by atoms with Gasteiger partial charge >= 0.3 is 0 Å². The molecular weight excluding hydrogens is 564 g/mol. The predicted octanol–water partition coefficient (Wildman–Crippen LogP) is 5.98. The van der Waals surface area contributed by atoms with Gasteiger partial charge in [-0.15, -0.1) is 11.8 Å². The quantitative estimate of drug-likeness (QED) is 0.165. The van der Waals surface area contributed by atoms with Crippen molar-refractivity contribution in [3.8, 4) is 0 Å². The maximum absolute atomic E-state index is 13.3. The number of hydrogen-bond donors (Lipinski definition) is 3. The van der Waals surface area contributed by atoms with Crippen LogP contribution >= 0.6 is 27.7 Å². The highest BCUT2D eigenvalue weighted by molar-refractivity contribution is 9.10. The van der Waals surface area contributed by atoms with Crippen molar-refractivity contribution in [2.24, 2.45) is 0 Å². The number of nitrogens with zero attached hydrogens (tertiary/aromatic N) is 1. The van der Waals surface area contributed by atoms with Crippen molar-refractivity contribution in [3.05, 3.63) is 125 Å². The summed E-state index contributed by atoms with van der Waals surface area (Å²) in [5, 5.41) is 8.39. The van der Waals surface area contributed by atoms with Crippen LogP contribution in [-0.2, 0) is 9.59 Å². The topological polar surface area (TPSA) is 100 Å². The lowest BCUT2D eigenvalue weighted by molar-refractivity contribution is -0.114. The molecule has 190 valence electrons. The fourth-order valence-corrected chi connectivity index (χ4v) is 4.52. The summed E-state index contributed by atoms with van der Waals surface area (Å²) in [5.74, 6) is -0.835. The first-order valence-electron chi connectivity index (χ1n) is 11.5. The zero-order valence-electron chi connectivity index (χ0n) is 20.1. The van der Waals surface area contributed by atoms with E-state index in [1.807, 2.05) is 36.4 Å². The number of aromatic nitrogens is 1. The lowest BCUT2D eigenvalue weighted by Crippen LogP contribution is -2.30. The van der Waals surface area contributed by atoms with E-state index in [2.05, 4.69) is 36.9 Å². The number of anilines is 2. The second-order valence-corrected chi connectivity index (χ2v) is 9.95.